The van der Waals surface area contributed by atoms with Gasteiger partial charge in [0, 0.05) is 3.57 Å². The van der Waals surface area contributed by atoms with Crippen molar-refractivity contribution in [1.29, 1.82) is 0 Å². The molecule has 1 aromatic carbocycles. The average Bonchev–Trinajstić information content (AvgIpc) is 2.07. The highest BCUT2D eigenvalue weighted by Gasteiger charge is 2.38. The average molecular weight is 315 g/mol. The highest BCUT2D eigenvalue weighted by Crippen LogP contribution is 2.33. The predicted octanol–water partition coefficient (Wildman–Crippen LogP) is 3.16. The summed E-state index contributed by atoms with van der Waals surface area (Å²) in [6.07, 6.45) is -4.38. The topological polar surface area (TPSA) is 26.0 Å². The van der Waals surface area contributed by atoms with Crippen molar-refractivity contribution in [1.82, 2.24) is 0 Å². The van der Waals surface area contributed by atoms with Gasteiger partial charge in [-0.15, -0.1) is 0 Å². The van der Waals surface area contributed by atoms with Gasteiger partial charge in [-0.3, -0.25) is 0 Å². The molecular formula is C9H9F3IN. The van der Waals surface area contributed by atoms with Crippen molar-refractivity contribution in [2.75, 3.05) is 0 Å². The fourth-order valence-corrected chi connectivity index (χ4v) is 1.66. The first-order valence-electron chi connectivity index (χ1n) is 3.91. The number of hydrogen-bond donors (Lipinski definition) is 1. The molecule has 0 saturated carbocycles. The van der Waals surface area contributed by atoms with Crippen LogP contribution >= 0.6 is 22.6 Å². The van der Waals surface area contributed by atoms with Crippen molar-refractivity contribution in [3.05, 3.63) is 32.9 Å². The molecule has 0 amide bonds. The van der Waals surface area contributed by atoms with Gasteiger partial charge >= 0.3 is 6.18 Å². The Morgan fingerprint density at radius 1 is 1.36 bits per heavy atom. The number of alkyl halides is 3. The van der Waals surface area contributed by atoms with E-state index < -0.39 is 12.2 Å². The SMILES string of the molecule is Cc1c(I)cccc1[C@H](N)C(F)(F)F. The van der Waals surface area contributed by atoms with E-state index >= 15 is 0 Å². The van der Waals surface area contributed by atoms with E-state index in [2.05, 4.69) is 0 Å². The number of hydrogen-bond acceptors (Lipinski definition) is 1. The molecule has 0 aliphatic heterocycles. The number of halogens is 4. The van der Waals surface area contributed by atoms with Crippen LogP contribution < -0.4 is 5.73 Å². The largest absolute Gasteiger partial charge is 0.407 e. The lowest BCUT2D eigenvalue weighted by Gasteiger charge is -2.18. The molecule has 0 aromatic heterocycles. The molecule has 0 spiro atoms. The Morgan fingerprint density at radius 3 is 2.43 bits per heavy atom. The molecule has 0 saturated heterocycles. The lowest BCUT2D eigenvalue weighted by atomic mass is 10.0. The van der Waals surface area contributed by atoms with E-state index in [-0.39, 0.29) is 5.56 Å². The summed E-state index contributed by atoms with van der Waals surface area (Å²) >= 11 is 1.99. The summed E-state index contributed by atoms with van der Waals surface area (Å²) in [6.45, 7) is 1.64. The Labute approximate surface area is 93.6 Å². The molecule has 1 nitrogen and oxygen atoms in total. The summed E-state index contributed by atoms with van der Waals surface area (Å²) in [7, 11) is 0. The van der Waals surface area contributed by atoms with E-state index in [0.717, 1.165) is 3.57 Å². The minimum Gasteiger partial charge on any atom is -0.316 e. The second-order valence-electron chi connectivity index (χ2n) is 2.97. The van der Waals surface area contributed by atoms with Crippen molar-refractivity contribution in [3.63, 3.8) is 0 Å². The molecule has 1 rings (SSSR count). The van der Waals surface area contributed by atoms with E-state index in [4.69, 9.17) is 5.73 Å². The minimum atomic E-state index is -4.38. The van der Waals surface area contributed by atoms with Crippen LogP contribution in [0, 0.1) is 10.5 Å². The third-order valence-corrected chi connectivity index (χ3v) is 3.17. The zero-order valence-electron chi connectivity index (χ0n) is 7.40. The maximum Gasteiger partial charge on any atom is 0.407 e. The van der Waals surface area contributed by atoms with Gasteiger partial charge in [0.1, 0.15) is 6.04 Å². The molecule has 1 atom stereocenters. The Morgan fingerprint density at radius 2 is 1.93 bits per heavy atom. The van der Waals surface area contributed by atoms with Crippen LogP contribution in [0.2, 0.25) is 0 Å². The molecule has 14 heavy (non-hydrogen) atoms. The Kier molecular flexibility index (Phi) is 3.41. The second-order valence-corrected chi connectivity index (χ2v) is 4.14. The van der Waals surface area contributed by atoms with Gasteiger partial charge in [0.05, 0.1) is 0 Å². The Bertz CT molecular complexity index is 335. The molecule has 0 unspecified atom stereocenters. The highest BCUT2D eigenvalue weighted by molar-refractivity contribution is 14.1. The van der Waals surface area contributed by atoms with E-state index in [9.17, 15) is 13.2 Å². The number of rotatable bonds is 1. The zero-order chi connectivity index (χ0) is 10.9. The molecule has 0 heterocycles. The van der Waals surface area contributed by atoms with Crippen molar-refractivity contribution in [2.45, 2.75) is 19.1 Å². The normalized spacial score (nSPS) is 14.1. The summed E-state index contributed by atoms with van der Waals surface area (Å²) in [6, 6.07) is 2.85. The van der Waals surface area contributed by atoms with E-state index in [1.807, 2.05) is 22.6 Å². The maximum absolute atomic E-state index is 12.3. The molecule has 0 aliphatic rings. The highest BCUT2D eigenvalue weighted by atomic mass is 127. The van der Waals surface area contributed by atoms with Gasteiger partial charge in [-0.2, -0.15) is 13.2 Å². The third kappa shape index (κ3) is 2.38. The van der Waals surface area contributed by atoms with Gasteiger partial charge in [-0.25, -0.2) is 0 Å². The molecule has 1 aromatic rings. The molecule has 0 aliphatic carbocycles. The molecule has 5 heteroatoms. The number of benzene rings is 1. The van der Waals surface area contributed by atoms with Gasteiger partial charge < -0.3 is 5.73 Å². The van der Waals surface area contributed by atoms with Gasteiger partial charge in [0.25, 0.3) is 0 Å². The monoisotopic (exact) mass is 315 g/mol. The van der Waals surface area contributed by atoms with Crippen LogP contribution in [0.1, 0.15) is 17.2 Å². The second kappa shape index (κ2) is 4.06. The van der Waals surface area contributed by atoms with E-state index in [1.54, 1.807) is 19.1 Å². The summed E-state index contributed by atoms with van der Waals surface area (Å²) in [4.78, 5) is 0. The molecule has 0 radical (unpaired) electrons. The Balaban J connectivity index is 3.14. The van der Waals surface area contributed by atoms with Crippen LogP contribution in [0.5, 0.6) is 0 Å². The quantitative estimate of drug-likeness (QED) is 0.792. The van der Waals surface area contributed by atoms with Crippen LogP contribution in [0.15, 0.2) is 18.2 Å². The standard InChI is InChI=1S/C9H9F3IN/c1-5-6(3-2-4-7(5)13)8(14)9(10,11)12/h2-4,8H,14H2,1H3/t8-/m0/s1. The van der Waals surface area contributed by atoms with Crippen molar-refractivity contribution in [2.24, 2.45) is 5.73 Å². The van der Waals surface area contributed by atoms with Gasteiger partial charge in [0.15, 0.2) is 0 Å². The van der Waals surface area contributed by atoms with Crippen molar-refractivity contribution < 1.29 is 13.2 Å². The smallest absolute Gasteiger partial charge is 0.316 e. The number of nitrogens with two attached hydrogens (primary N) is 1. The lowest BCUT2D eigenvalue weighted by Crippen LogP contribution is -2.29. The fourth-order valence-electron chi connectivity index (χ4n) is 1.14. The molecule has 0 fully saturated rings. The fraction of sp³-hybridized carbons (Fsp3) is 0.333. The van der Waals surface area contributed by atoms with Crippen LogP contribution in [-0.2, 0) is 0 Å². The van der Waals surface area contributed by atoms with Crippen LogP contribution in [0.3, 0.4) is 0 Å². The van der Waals surface area contributed by atoms with E-state index in [1.165, 1.54) is 6.07 Å². The van der Waals surface area contributed by atoms with Crippen molar-refractivity contribution >= 4 is 22.6 Å². The summed E-state index contributed by atoms with van der Waals surface area (Å²) in [5, 5.41) is 0. The van der Waals surface area contributed by atoms with E-state index in [0.29, 0.717) is 5.56 Å². The molecule has 78 valence electrons. The predicted molar refractivity (Wildman–Crippen MR) is 56.9 cm³/mol. The zero-order valence-corrected chi connectivity index (χ0v) is 9.56. The Hall–Kier alpha value is -0.300. The third-order valence-electron chi connectivity index (χ3n) is 2.00. The summed E-state index contributed by atoms with van der Waals surface area (Å²) in [5.74, 6) is 0. The van der Waals surface area contributed by atoms with Crippen LogP contribution in [0.4, 0.5) is 13.2 Å². The summed E-state index contributed by atoms with van der Waals surface area (Å²) in [5.41, 5.74) is 5.85. The van der Waals surface area contributed by atoms with Gasteiger partial charge in [0.2, 0.25) is 0 Å². The minimum absolute atomic E-state index is 0.143. The molecular weight excluding hydrogens is 306 g/mol. The summed E-state index contributed by atoms with van der Waals surface area (Å²) < 4.78 is 37.7. The molecule has 0 bridgehead atoms. The maximum atomic E-state index is 12.3. The van der Waals surface area contributed by atoms with Crippen molar-refractivity contribution in [3.8, 4) is 0 Å². The molecule has 2 N–H and O–H groups in total. The lowest BCUT2D eigenvalue weighted by molar-refractivity contribution is -0.149. The van der Waals surface area contributed by atoms with Gasteiger partial charge in [-0.1, -0.05) is 12.1 Å². The van der Waals surface area contributed by atoms with Crippen LogP contribution in [0.25, 0.3) is 0 Å². The van der Waals surface area contributed by atoms with Gasteiger partial charge in [-0.05, 0) is 46.7 Å². The first-order chi connectivity index (χ1) is 6.34. The van der Waals surface area contributed by atoms with Crippen LogP contribution in [-0.4, -0.2) is 6.18 Å². The first kappa shape index (κ1) is 11.8. The first-order valence-corrected chi connectivity index (χ1v) is 4.99.